The molecule has 0 fully saturated rings. The number of hydrogen-bond acceptors (Lipinski definition) is 4. The summed E-state index contributed by atoms with van der Waals surface area (Å²) in [6.45, 7) is 12.4. The summed E-state index contributed by atoms with van der Waals surface area (Å²) in [5, 5.41) is 0. The Morgan fingerprint density at radius 2 is 1.19 bits per heavy atom. The summed E-state index contributed by atoms with van der Waals surface area (Å²) in [5.74, 6) is 1.88. The zero-order valence-electron chi connectivity index (χ0n) is 17.5. The lowest BCUT2D eigenvalue weighted by Gasteiger charge is -2.16. The molecule has 27 heavy (non-hydrogen) atoms. The van der Waals surface area contributed by atoms with Gasteiger partial charge in [-0.25, -0.2) is 0 Å². The first-order valence-corrected chi connectivity index (χ1v) is 9.48. The molecule has 0 saturated heterocycles. The largest absolute Gasteiger partial charge is 0.491 e. The van der Waals surface area contributed by atoms with E-state index in [0.29, 0.717) is 26.6 Å². The van der Waals surface area contributed by atoms with Gasteiger partial charge in [0.1, 0.15) is 18.1 Å². The summed E-state index contributed by atoms with van der Waals surface area (Å²) in [5.41, 5.74) is 7.15. The third kappa shape index (κ3) is 5.98. The molecule has 0 spiro atoms. The number of rotatable bonds is 10. The van der Waals surface area contributed by atoms with Gasteiger partial charge in [-0.2, -0.15) is 0 Å². The summed E-state index contributed by atoms with van der Waals surface area (Å²) in [7, 11) is 1.68. The Balaban J connectivity index is 2.14. The maximum Gasteiger partial charge on any atom is 0.189 e. The molecule has 0 amide bonds. The SMILES string of the molecule is CCOCOc1c(C)cc(Cc2cc(C)c(OCCOC)c(C)c2)cc1C. The van der Waals surface area contributed by atoms with Crippen molar-refractivity contribution >= 4 is 0 Å². The molecule has 4 nitrogen and oxygen atoms in total. The topological polar surface area (TPSA) is 36.9 Å². The fourth-order valence-corrected chi connectivity index (χ4v) is 3.39. The van der Waals surface area contributed by atoms with E-state index >= 15 is 0 Å². The first-order chi connectivity index (χ1) is 13.0. The normalized spacial score (nSPS) is 10.9. The zero-order valence-corrected chi connectivity index (χ0v) is 17.5. The van der Waals surface area contributed by atoms with E-state index in [0.717, 1.165) is 40.2 Å². The van der Waals surface area contributed by atoms with Gasteiger partial charge in [0.15, 0.2) is 6.79 Å². The van der Waals surface area contributed by atoms with E-state index in [4.69, 9.17) is 18.9 Å². The van der Waals surface area contributed by atoms with Gasteiger partial charge in [-0.1, -0.05) is 24.3 Å². The van der Waals surface area contributed by atoms with Crippen LogP contribution in [0.15, 0.2) is 24.3 Å². The van der Waals surface area contributed by atoms with Gasteiger partial charge in [0.25, 0.3) is 0 Å². The summed E-state index contributed by atoms with van der Waals surface area (Å²) in [4.78, 5) is 0. The minimum absolute atomic E-state index is 0.292. The second-order valence-corrected chi connectivity index (χ2v) is 6.89. The quantitative estimate of drug-likeness (QED) is 0.439. The molecule has 0 aromatic heterocycles. The van der Waals surface area contributed by atoms with Gasteiger partial charge in [-0.15, -0.1) is 0 Å². The van der Waals surface area contributed by atoms with Gasteiger partial charge in [0, 0.05) is 13.7 Å². The Kier molecular flexibility index (Phi) is 8.14. The number of ether oxygens (including phenoxy) is 4. The van der Waals surface area contributed by atoms with Gasteiger partial charge < -0.3 is 18.9 Å². The van der Waals surface area contributed by atoms with E-state index in [1.165, 1.54) is 11.1 Å². The molecule has 2 rings (SSSR count). The lowest BCUT2D eigenvalue weighted by molar-refractivity contribution is 0.0216. The maximum atomic E-state index is 5.86. The van der Waals surface area contributed by atoms with Crippen LogP contribution in [0.2, 0.25) is 0 Å². The van der Waals surface area contributed by atoms with E-state index < -0.39 is 0 Å². The van der Waals surface area contributed by atoms with Crippen LogP contribution in [-0.4, -0.2) is 33.7 Å². The highest BCUT2D eigenvalue weighted by atomic mass is 16.7. The van der Waals surface area contributed by atoms with Crippen molar-refractivity contribution in [2.45, 2.75) is 41.0 Å². The van der Waals surface area contributed by atoms with Gasteiger partial charge in [0.05, 0.1) is 6.61 Å². The highest BCUT2D eigenvalue weighted by molar-refractivity contribution is 5.47. The van der Waals surface area contributed by atoms with Crippen molar-refractivity contribution in [3.05, 3.63) is 57.6 Å². The number of hydrogen-bond donors (Lipinski definition) is 0. The second-order valence-electron chi connectivity index (χ2n) is 6.89. The predicted octanol–water partition coefficient (Wildman–Crippen LogP) is 4.91. The molecule has 0 radical (unpaired) electrons. The molecule has 4 heteroatoms. The first-order valence-electron chi connectivity index (χ1n) is 9.48. The monoisotopic (exact) mass is 372 g/mol. The number of benzene rings is 2. The molecule has 0 saturated carbocycles. The van der Waals surface area contributed by atoms with Crippen molar-refractivity contribution in [1.82, 2.24) is 0 Å². The molecule has 0 aliphatic rings. The summed E-state index contributed by atoms with van der Waals surface area (Å²) in [6.07, 6.45) is 0.882. The van der Waals surface area contributed by atoms with Crippen molar-refractivity contribution < 1.29 is 18.9 Å². The van der Waals surface area contributed by atoms with Gasteiger partial charge >= 0.3 is 0 Å². The van der Waals surface area contributed by atoms with Crippen LogP contribution in [-0.2, 0) is 15.9 Å². The fraction of sp³-hybridized carbons (Fsp3) is 0.478. The number of methoxy groups -OCH3 is 1. The Hall–Kier alpha value is -2.04. The molecule has 0 N–H and O–H groups in total. The van der Waals surface area contributed by atoms with Crippen LogP contribution >= 0.6 is 0 Å². The predicted molar refractivity (Wildman–Crippen MR) is 109 cm³/mol. The molecule has 148 valence electrons. The Morgan fingerprint density at radius 3 is 1.63 bits per heavy atom. The fourth-order valence-electron chi connectivity index (χ4n) is 3.39. The average Bonchev–Trinajstić information content (AvgIpc) is 2.60. The standard InChI is InChI=1S/C23H32O4/c1-7-25-15-27-23-18(4)12-21(13-19(23)5)14-20-10-16(2)22(17(3)11-20)26-9-8-24-6/h10-13H,7-9,14-15H2,1-6H3. The van der Waals surface area contributed by atoms with Crippen LogP contribution in [0.1, 0.15) is 40.3 Å². The van der Waals surface area contributed by atoms with E-state index in [2.05, 4.69) is 52.0 Å². The minimum Gasteiger partial charge on any atom is -0.491 e. The van der Waals surface area contributed by atoms with Crippen molar-refractivity contribution in [2.24, 2.45) is 0 Å². The van der Waals surface area contributed by atoms with Crippen LogP contribution < -0.4 is 9.47 Å². The lowest BCUT2D eigenvalue weighted by atomic mass is 9.97. The van der Waals surface area contributed by atoms with E-state index in [1.807, 2.05) is 6.92 Å². The highest BCUT2D eigenvalue weighted by Crippen LogP contribution is 2.29. The molecular formula is C23H32O4. The molecule has 0 heterocycles. The first kappa shape index (κ1) is 21.3. The zero-order chi connectivity index (χ0) is 19.8. The Morgan fingerprint density at radius 1 is 0.704 bits per heavy atom. The van der Waals surface area contributed by atoms with Crippen LogP contribution in [0, 0.1) is 27.7 Å². The van der Waals surface area contributed by atoms with Crippen molar-refractivity contribution in [2.75, 3.05) is 33.7 Å². The highest BCUT2D eigenvalue weighted by Gasteiger charge is 2.10. The lowest BCUT2D eigenvalue weighted by Crippen LogP contribution is -2.07. The molecule has 0 atom stereocenters. The maximum absolute atomic E-state index is 5.86. The number of aryl methyl sites for hydroxylation is 4. The van der Waals surface area contributed by atoms with Gasteiger partial charge in [-0.05, 0) is 74.4 Å². The molecular weight excluding hydrogens is 340 g/mol. The Bertz CT molecular complexity index is 643. The summed E-state index contributed by atoms with van der Waals surface area (Å²) in [6, 6.07) is 8.81. The minimum atomic E-state index is 0.292. The molecule has 0 unspecified atom stereocenters. The van der Waals surface area contributed by atoms with E-state index in [9.17, 15) is 0 Å². The smallest absolute Gasteiger partial charge is 0.189 e. The summed E-state index contributed by atoms with van der Waals surface area (Å²) < 4.78 is 22.0. The van der Waals surface area contributed by atoms with Gasteiger partial charge in [0.2, 0.25) is 0 Å². The van der Waals surface area contributed by atoms with Crippen LogP contribution in [0.5, 0.6) is 11.5 Å². The Labute approximate surface area is 163 Å². The molecule has 0 aliphatic carbocycles. The van der Waals surface area contributed by atoms with E-state index in [-0.39, 0.29) is 0 Å². The second kappa shape index (κ2) is 10.3. The van der Waals surface area contributed by atoms with Crippen molar-refractivity contribution in [3.63, 3.8) is 0 Å². The summed E-state index contributed by atoms with van der Waals surface area (Å²) >= 11 is 0. The third-order valence-corrected chi connectivity index (χ3v) is 4.47. The molecule has 0 aliphatic heterocycles. The van der Waals surface area contributed by atoms with Crippen LogP contribution in [0.3, 0.4) is 0 Å². The van der Waals surface area contributed by atoms with Crippen molar-refractivity contribution in [1.29, 1.82) is 0 Å². The average molecular weight is 373 g/mol. The van der Waals surface area contributed by atoms with E-state index in [1.54, 1.807) is 7.11 Å². The molecule has 0 bridgehead atoms. The third-order valence-electron chi connectivity index (χ3n) is 4.47. The molecule has 2 aromatic carbocycles. The van der Waals surface area contributed by atoms with Crippen molar-refractivity contribution in [3.8, 4) is 11.5 Å². The van der Waals surface area contributed by atoms with Crippen LogP contribution in [0.25, 0.3) is 0 Å². The van der Waals surface area contributed by atoms with Crippen LogP contribution in [0.4, 0.5) is 0 Å². The van der Waals surface area contributed by atoms with Gasteiger partial charge in [-0.3, -0.25) is 0 Å². The molecule has 2 aromatic rings.